The summed E-state index contributed by atoms with van der Waals surface area (Å²) in [6.07, 6.45) is 2.66. The summed E-state index contributed by atoms with van der Waals surface area (Å²) in [7, 11) is 0. The maximum Gasteiger partial charge on any atom is 0.118 e. The number of fused-ring (bicyclic) bond motifs is 1. The van der Waals surface area contributed by atoms with E-state index in [0.29, 0.717) is 6.54 Å². The molecule has 2 bridgehead atoms. The highest BCUT2D eigenvalue weighted by Crippen LogP contribution is 2.41. The van der Waals surface area contributed by atoms with E-state index in [1.165, 1.54) is 12.8 Å². The Kier molecular flexibility index (Phi) is 1.50. The van der Waals surface area contributed by atoms with Crippen molar-refractivity contribution in [2.75, 3.05) is 13.1 Å². The first-order valence-corrected chi connectivity index (χ1v) is 4.47. The van der Waals surface area contributed by atoms with Gasteiger partial charge in [-0.25, -0.2) is 4.39 Å². The zero-order valence-electron chi connectivity index (χ0n) is 7.31. The summed E-state index contributed by atoms with van der Waals surface area (Å²) in [5.74, 6) is 0.905. The lowest BCUT2D eigenvalue weighted by Crippen LogP contribution is -2.37. The van der Waals surface area contributed by atoms with Gasteiger partial charge < -0.3 is 0 Å². The summed E-state index contributed by atoms with van der Waals surface area (Å²) in [4.78, 5) is 2.31. The van der Waals surface area contributed by atoms with E-state index in [4.69, 9.17) is 0 Å². The van der Waals surface area contributed by atoms with Gasteiger partial charge in [-0.1, -0.05) is 0 Å². The van der Waals surface area contributed by atoms with Crippen LogP contribution in [0.1, 0.15) is 26.7 Å². The van der Waals surface area contributed by atoms with Crippen LogP contribution in [-0.2, 0) is 0 Å². The van der Waals surface area contributed by atoms with Crippen LogP contribution in [0.2, 0.25) is 0 Å². The molecule has 0 atom stereocenters. The fourth-order valence-electron chi connectivity index (χ4n) is 2.31. The monoisotopic (exact) mass is 157 g/mol. The molecule has 3 aliphatic rings. The Morgan fingerprint density at radius 2 is 2.09 bits per heavy atom. The van der Waals surface area contributed by atoms with Gasteiger partial charge in [0.15, 0.2) is 0 Å². The minimum Gasteiger partial charge on any atom is -0.297 e. The zero-order chi connectivity index (χ0) is 8.06. The van der Waals surface area contributed by atoms with Crippen LogP contribution >= 0.6 is 0 Å². The van der Waals surface area contributed by atoms with Gasteiger partial charge in [0.25, 0.3) is 0 Å². The van der Waals surface area contributed by atoms with Crippen LogP contribution in [-0.4, -0.2) is 29.7 Å². The van der Waals surface area contributed by atoms with Crippen LogP contribution in [0.15, 0.2) is 0 Å². The van der Waals surface area contributed by atoms with Crippen LogP contribution in [0.3, 0.4) is 0 Å². The highest BCUT2D eigenvalue weighted by molar-refractivity contribution is 4.98. The van der Waals surface area contributed by atoms with E-state index in [1.807, 2.05) is 0 Å². The number of hydrogen-bond acceptors (Lipinski definition) is 1. The average Bonchev–Trinajstić information content (AvgIpc) is 2.13. The third-order valence-corrected chi connectivity index (χ3v) is 2.80. The zero-order valence-corrected chi connectivity index (χ0v) is 7.31. The van der Waals surface area contributed by atoms with Crippen molar-refractivity contribution in [2.45, 2.75) is 38.4 Å². The van der Waals surface area contributed by atoms with Crippen molar-refractivity contribution in [3.63, 3.8) is 0 Å². The van der Waals surface area contributed by atoms with Gasteiger partial charge in [-0.15, -0.1) is 0 Å². The van der Waals surface area contributed by atoms with Gasteiger partial charge in [-0.3, -0.25) is 4.90 Å². The van der Waals surface area contributed by atoms with Crippen LogP contribution < -0.4 is 0 Å². The second-order valence-corrected chi connectivity index (χ2v) is 4.64. The minimum absolute atomic E-state index is 0.633. The number of hydrogen-bond donors (Lipinski definition) is 0. The third kappa shape index (κ3) is 1.41. The van der Waals surface area contributed by atoms with Crippen LogP contribution in [0.4, 0.5) is 4.39 Å². The van der Waals surface area contributed by atoms with Crippen molar-refractivity contribution >= 4 is 0 Å². The van der Waals surface area contributed by atoms with Gasteiger partial charge in [0.05, 0.1) is 0 Å². The minimum atomic E-state index is -1.00. The average molecular weight is 157 g/mol. The summed E-state index contributed by atoms with van der Waals surface area (Å²) in [5.41, 5.74) is -1.00. The molecule has 2 heteroatoms. The lowest BCUT2D eigenvalue weighted by Gasteiger charge is -2.28. The molecule has 1 nitrogen and oxygen atoms in total. The van der Waals surface area contributed by atoms with E-state index in [0.717, 1.165) is 18.5 Å². The number of halogens is 1. The molecule has 0 radical (unpaired) electrons. The molecule has 0 aromatic heterocycles. The second-order valence-electron chi connectivity index (χ2n) is 4.64. The van der Waals surface area contributed by atoms with Crippen molar-refractivity contribution in [3.05, 3.63) is 0 Å². The van der Waals surface area contributed by atoms with Crippen molar-refractivity contribution in [2.24, 2.45) is 5.92 Å². The predicted octanol–water partition coefficient (Wildman–Crippen LogP) is 1.83. The number of alkyl halides is 1. The first-order valence-electron chi connectivity index (χ1n) is 4.47. The van der Waals surface area contributed by atoms with E-state index in [2.05, 4.69) is 4.90 Å². The molecular weight excluding hydrogens is 141 g/mol. The molecule has 0 aromatic rings. The lowest BCUT2D eigenvalue weighted by atomic mass is 9.86. The highest BCUT2D eigenvalue weighted by Gasteiger charge is 2.43. The van der Waals surface area contributed by atoms with Crippen LogP contribution in [0.5, 0.6) is 0 Å². The molecule has 2 aliphatic heterocycles. The molecule has 2 saturated heterocycles. The van der Waals surface area contributed by atoms with Gasteiger partial charge in [0.1, 0.15) is 5.67 Å². The maximum absolute atomic E-state index is 13.2. The fourth-order valence-corrected chi connectivity index (χ4v) is 2.31. The molecule has 2 heterocycles. The summed E-state index contributed by atoms with van der Waals surface area (Å²) in [6, 6.07) is 0.732. The number of nitrogens with zero attached hydrogens (tertiary/aromatic N) is 1. The van der Waals surface area contributed by atoms with E-state index in [1.54, 1.807) is 13.8 Å². The maximum atomic E-state index is 13.2. The highest BCUT2D eigenvalue weighted by atomic mass is 19.1. The van der Waals surface area contributed by atoms with Crippen molar-refractivity contribution in [3.8, 4) is 0 Å². The van der Waals surface area contributed by atoms with Crippen molar-refractivity contribution < 1.29 is 4.39 Å². The quantitative estimate of drug-likeness (QED) is 0.591. The normalized spacial score (nSPS) is 37.4. The predicted molar refractivity (Wildman–Crippen MR) is 43.3 cm³/mol. The molecule has 0 N–H and O–H groups in total. The van der Waals surface area contributed by atoms with E-state index in [-0.39, 0.29) is 0 Å². The van der Waals surface area contributed by atoms with Crippen molar-refractivity contribution in [1.29, 1.82) is 0 Å². The molecule has 0 unspecified atom stereocenters. The standard InChI is InChI=1S/C9H16FN/c1-9(2,10)6-11-5-7-3-8(11)4-7/h7-8H,3-6H2,1-2H3. The SMILES string of the molecule is CC(C)(F)CN1CC2CC1C2. The Labute approximate surface area is 67.6 Å². The molecule has 0 spiro atoms. The van der Waals surface area contributed by atoms with E-state index >= 15 is 0 Å². The Hall–Kier alpha value is -0.110. The Bertz CT molecular complexity index is 155. The van der Waals surface area contributed by atoms with E-state index in [9.17, 15) is 4.39 Å². The summed E-state index contributed by atoms with van der Waals surface area (Å²) >= 11 is 0. The Morgan fingerprint density at radius 1 is 1.45 bits per heavy atom. The van der Waals surface area contributed by atoms with Crippen molar-refractivity contribution in [1.82, 2.24) is 4.90 Å². The van der Waals surface area contributed by atoms with Gasteiger partial charge in [0, 0.05) is 19.1 Å². The summed E-state index contributed by atoms with van der Waals surface area (Å²) in [6.45, 7) is 5.12. The molecule has 64 valence electrons. The van der Waals surface area contributed by atoms with Gasteiger partial charge in [-0.05, 0) is 32.6 Å². The third-order valence-electron chi connectivity index (χ3n) is 2.80. The van der Waals surface area contributed by atoms with Gasteiger partial charge >= 0.3 is 0 Å². The molecule has 11 heavy (non-hydrogen) atoms. The van der Waals surface area contributed by atoms with E-state index < -0.39 is 5.67 Å². The van der Waals surface area contributed by atoms with Crippen LogP contribution in [0, 0.1) is 5.92 Å². The van der Waals surface area contributed by atoms with Gasteiger partial charge in [-0.2, -0.15) is 0 Å². The molecule has 1 saturated carbocycles. The Balaban J connectivity index is 1.88. The molecule has 0 aromatic carbocycles. The molecule has 3 rings (SSSR count). The fraction of sp³-hybridized carbons (Fsp3) is 1.00. The summed E-state index contributed by atoms with van der Waals surface area (Å²) < 4.78 is 13.2. The number of rotatable bonds is 2. The smallest absolute Gasteiger partial charge is 0.118 e. The topological polar surface area (TPSA) is 3.24 Å². The first kappa shape index (κ1) is 7.53. The van der Waals surface area contributed by atoms with Crippen LogP contribution in [0.25, 0.3) is 0 Å². The first-order chi connectivity index (χ1) is 5.04. The molecule has 3 fully saturated rings. The van der Waals surface area contributed by atoms with Gasteiger partial charge in [0.2, 0.25) is 0 Å². The molecule has 0 amide bonds. The largest absolute Gasteiger partial charge is 0.297 e. The lowest BCUT2D eigenvalue weighted by molar-refractivity contribution is 0.122. The molecule has 1 aliphatic carbocycles. The summed E-state index contributed by atoms with van der Waals surface area (Å²) in [5, 5.41) is 0. The molecular formula is C9H16FN. The Morgan fingerprint density at radius 3 is 2.45 bits per heavy atom. The second kappa shape index (κ2) is 2.19.